The lowest BCUT2D eigenvalue weighted by Crippen LogP contribution is -2.48. The van der Waals surface area contributed by atoms with Crippen molar-refractivity contribution in [3.05, 3.63) is 29.8 Å². The number of hydrogen-bond acceptors (Lipinski definition) is 2. The van der Waals surface area contributed by atoms with Crippen LogP contribution in [0.4, 0.5) is 5.69 Å². The number of anilines is 1. The number of rotatable bonds is 3. The van der Waals surface area contributed by atoms with E-state index < -0.39 is 0 Å². The Hall–Kier alpha value is -1.51. The maximum Gasteiger partial charge on any atom is 0.228 e. The van der Waals surface area contributed by atoms with E-state index in [4.69, 9.17) is 0 Å². The number of carbonyl (C=O) groups excluding carboxylic acids is 1. The second-order valence-electron chi connectivity index (χ2n) is 6.33. The van der Waals surface area contributed by atoms with Gasteiger partial charge in [0.1, 0.15) is 0 Å². The molecule has 0 bridgehead atoms. The standard InChI is InChI=1S/C17H26N2O/c1-11(2)13(4)19(5)17(20)15-10-14-8-6-7-9-16(14)18-12(15)3/h6-9,11-13,15,18H,10H2,1-5H3. The van der Waals surface area contributed by atoms with Gasteiger partial charge >= 0.3 is 0 Å². The first-order valence-electron chi connectivity index (χ1n) is 7.53. The number of carbonyl (C=O) groups is 1. The summed E-state index contributed by atoms with van der Waals surface area (Å²) in [5.74, 6) is 0.750. The van der Waals surface area contributed by atoms with Crippen LogP contribution in [0.25, 0.3) is 0 Å². The predicted octanol–water partition coefficient (Wildman–Crippen LogP) is 3.16. The topological polar surface area (TPSA) is 32.3 Å². The van der Waals surface area contributed by atoms with Crippen molar-refractivity contribution < 1.29 is 4.79 Å². The summed E-state index contributed by atoms with van der Waals surface area (Å²) in [7, 11) is 1.93. The molecule has 3 nitrogen and oxygen atoms in total. The molecule has 0 fully saturated rings. The van der Waals surface area contributed by atoms with Gasteiger partial charge in [-0.15, -0.1) is 0 Å². The molecule has 1 N–H and O–H groups in total. The number of hydrogen-bond donors (Lipinski definition) is 1. The maximum atomic E-state index is 12.8. The van der Waals surface area contributed by atoms with Crippen LogP contribution in [0.5, 0.6) is 0 Å². The normalized spacial score (nSPS) is 22.9. The highest BCUT2D eigenvalue weighted by molar-refractivity contribution is 5.81. The smallest absolute Gasteiger partial charge is 0.228 e. The molecule has 3 heteroatoms. The van der Waals surface area contributed by atoms with Gasteiger partial charge in [-0.1, -0.05) is 32.0 Å². The van der Waals surface area contributed by atoms with Crippen LogP contribution < -0.4 is 5.32 Å². The van der Waals surface area contributed by atoms with E-state index in [1.54, 1.807) is 0 Å². The highest BCUT2D eigenvalue weighted by Gasteiger charge is 2.33. The van der Waals surface area contributed by atoms with E-state index in [1.165, 1.54) is 11.3 Å². The number of benzene rings is 1. The molecule has 0 saturated heterocycles. The number of para-hydroxylation sites is 1. The molecule has 0 spiro atoms. The Morgan fingerprint density at radius 2 is 1.95 bits per heavy atom. The molecule has 1 amide bonds. The van der Waals surface area contributed by atoms with Crippen molar-refractivity contribution in [2.24, 2.45) is 11.8 Å². The van der Waals surface area contributed by atoms with Crippen molar-refractivity contribution in [2.45, 2.75) is 46.2 Å². The average Bonchev–Trinajstić information content (AvgIpc) is 2.44. The van der Waals surface area contributed by atoms with Gasteiger partial charge in [0.2, 0.25) is 5.91 Å². The number of fused-ring (bicyclic) bond motifs is 1. The van der Waals surface area contributed by atoms with E-state index in [0.29, 0.717) is 5.92 Å². The first-order valence-corrected chi connectivity index (χ1v) is 7.53. The van der Waals surface area contributed by atoms with Gasteiger partial charge in [0.05, 0.1) is 5.92 Å². The van der Waals surface area contributed by atoms with E-state index >= 15 is 0 Å². The summed E-state index contributed by atoms with van der Waals surface area (Å²) >= 11 is 0. The molecule has 20 heavy (non-hydrogen) atoms. The highest BCUT2D eigenvalue weighted by atomic mass is 16.2. The van der Waals surface area contributed by atoms with Crippen LogP contribution in [-0.4, -0.2) is 29.9 Å². The molecule has 2 rings (SSSR count). The quantitative estimate of drug-likeness (QED) is 0.918. The lowest BCUT2D eigenvalue weighted by molar-refractivity contribution is -0.137. The van der Waals surface area contributed by atoms with Gasteiger partial charge in [-0.05, 0) is 37.8 Å². The van der Waals surface area contributed by atoms with Gasteiger partial charge in [-0.2, -0.15) is 0 Å². The third-order valence-electron chi connectivity index (χ3n) is 4.68. The first-order chi connectivity index (χ1) is 9.41. The molecule has 0 aromatic heterocycles. The Balaban J connectivity index is 2.15. The minimum Gasteiger partial charge on any atom is -0.382 e. The van der Waals surface area contributed by atoms with Crippen molar-refractivity contribution in [3.63, 3.8) is 0 Å². The predicted molar refractivity (Wildman–Crippen MR) is 83.8 cm³/mol. The Morgan fingerprint density at radius 1 is 1.30 bits per heavy atom. The van der Waals surface area contributed by atoms with Gasteiger partial charge in [0.15, 0.2) is 0 Å². The summed E-state index contributed by atoms with van der Waals surface area (Å²) in [6.07, 6.45) is 0.832. The Kier molecular flexibility index (Phi) is 4.36. The Morgan fingerprint density at radius 3 is 2.60 bits per heavy atom. The van der Waals surface area contributed by atoms with Crippen molar-refractivity contribution in [1.82, 2.24) is 4.90 Å². The molecule has 3 unspecified atom stereocenters. The van der Waals surface area contributed by atoms with Gasteiger partial charge in [0, 0.05) is 24.8 Å². The molecule has 3 atom stereocenters. The van der Waals surface area contributed by atoms with E-state index in [0.717, 1.165) is 6.42 Å². The van der Waals surface area contributed by atoms with Crippen LogP contribution in [0.15, 0.2) is 24.3 Å². The number of nitrogens with zero attached hydrogens (tertiary/aromatic N) is 1. The second-order valence-corrected chi connectivity index (χ2v) is 6.33. The summed E-state index contributed by atoms with van der Waals surface area (Å²) in [6, 6.07) is 8.73. The fraction of sp³-hybridized carbons (Fsp3) is 0.588. The fourth-order valence-corrected chi connectivity index (χ4v) is 2.81. The minimum absolute atomic E-state index is 0.0242. The molecule has 1 aromatic rings. The lowest BCUT2D eigenvalue weighted by Gasteiger charge is -2.37. The van der Waals surface area contributed by atoms with Gasteiger partial charge in [-0.3, -0.25) is 4.79 Å². The van der Waals surface area contributed by atoms with Gasteiger partial charge < -0.3 is 10.2 Å². The maximum absolute atomic E-state index is 12.8. The third-order valence-corrected chi connectivity index (χ3v) is 4.68. The van der Waals surface area contributed by atoms with E-state index in [1.807, 2.05) is 24.1 Å². The summed E-state index contributed by atoms with van der Waals surface area (Å²) in [4.78, 5) is 14.7. The van der Waals surface area contributed by atoms with Crippen LogP contribution in [0.1, 0.15) is 33.3 Å². The molecule has 1 aliphatic heterocycles. The Labute approximate surface area is 122 Å². The average molecular weight is 274 g/mol. The van der Waals surface area contributed by atoms with Crippen LogP contribution in [-0.2, 0) is 11.2 Å². The largest absolute Gasteiger partial charge is 0.382 e. The zero-order valence-corrected chi connectivity index (χ0v) is 13.2. The van der Waals surface area contributed by atoms with Gasteiger partial charge in [-0.25, -0.2) is 0 Å². The van der Waals surface area contributed by atoms with Crippen molar-refractivity contribution >= 4 is 11.6 Å². The van der Waals surface area contributed by atoms with Crippen molar-refractivity contribution in [2.75, 3.05) is 12.4 Å². The summed E-state index contributed by atoms with van der Waals surface area (Å²) in [5.41, 5.74) is 2.41. The van der Waals surface area contributed by atoms with E-state index in [9.17, 15) is 4.79 Å². The SMILES string of the molecule is CC(C)C(C)N(C)C(=O)C1Cc2ccccc2NC1C. The molecule has 1 heterocycles. The third kappa shape index (κ3) is 2.82. The molecule has 1 aliphatic rings. The molecular weight excluding hydrogens is 248 g/mol. The molecule has 0 aliphatic carbocycles. The zero-order valence-electron chi connectivity index (χ0n) is 13.2. The van der Waals surface area contributed by atoms with E-state index in [-0.39, 0.29) is 23.9 Å². The van der Waals surface area contributed by atoms with Crippen LogP contribution in [0.3, 0.4) is 0 Å². The molecule has 110 valence electrons. The molecule has 0 saturated carbocycles. The van der Waals surface area contributed by atoms with Crippen molar-refractivity contribution in [3.8, 4) is 0 Å². The van der Waals surface area contributed by atoms with Crippen molar-refractivity contribution in [1.29, 1.82) is 0 Å². The second kappa shape index (κ2) is 5.86. The fourth-order valence-electron chi connectivity index (χ4n) is 2.81. The molecule has 1 aromatic carbocycles. The highest BCUT2D eigenvalue weighted by Crippen LogP contribution is 2.29. The van der Waals surface area contributed by atoms with Crippen LogP contribution in [0, 0.1) is 11.8 Å². The summed E-state index contributed by atoms with van der Waals surface area (Å²) in [6.45, 7) is 8.54. The number of nitrogens with one attached hydrogen (secondary N) is 1. The van der Waals surface area contributed by atoms with Crippen LogP contribution in [0.2, 0.25) is 0 Å². The Bertz CT molecular complexity index is 484. The summed E-state index contributed by atoms with van der Waals surface area (Å²) in [5, 5.41) is 3.47. The minimum atomic E-state index is 0.0242. The van der Waals surface area contributed by atoms with Crippen LogP contribution >= 0.6 is 0 Å². The zero-order chi connectivity index (χ0) is 14.9. The molecule has 0 radical (unpaired) electrons. The lowest BCUT2D eigenvalue weighted by atomic mass is 9.86. The monoisotopic (exact) mass is 274 g/mol. The van der Waals surface area contributed by atoms with Gasteiger partial charge in [0.25, 0.3) is 0 Å². The first kappa shape index (κ1) is 14.9. The molecular formula is C17H26N2O. The van der Waals surface area contributed by atoms with E-state index in [2.05, 4.69) is 45.1 Å². The summed E-state index contributed by atoms with van der Waals surface area (Å²) < 4.78 is 0. The number of amides is 1.